The average molecular weight is 634 g/mol. The molecule has 8 atom stereocenters. The Kier molecular flexibility index (Phi) is 8.56. The van der Waals surface area contributed by atoms with Crippen LogP contribution < -0.4 is 10.2 Å². The monoisotopic (exact) mass is 633 g/mol. The van der Waals surface area contributed by atoms with Crippen molar-refractivity contribution in [3.8, 4) is 0 Å². The number of carbonyl (C=O) groups is 4. The highest BCUT2D eigenvalue weighted by Crippen LogP contribution is 2.56. The number of ether oxygens (including phenoxy) is 2. The van der Waals surface area contributed by atoms with E-state index in [0.29, 0.717) is 22.7 Å². The van der Waals surface area contributed by atoms with Crippen LogP contribution in [0.3, 0.4) is 0 Å². The highest BCUT2D eigenvalue weighted by molar-refractivity contribution is 6.34. The first kappa shape index (κ1) is 31.0. The van der Waals surface area contributed by atoms with Crippen molar-refractivity contribution in [3.05, 3.63) is 89.5 Å². The Balaban J connectivity index is 1.46. The van der Waals surface area contributed by atoms with Crippen molar-refractivity contribution in [2.75, 3.05) is 18.1 Å². The first-order chi connectivity index (χ1) is 21.7. The molecule has 2 aromatic rings. The standard InChI is InChI=1S/C34H36ClN3O7/c1-20(19-39)38-30-32(42)37(24-14-9-8-13-23(24)35)18-10-4-7-15-26(40)36-21(2)29(22-11-5-3-6-12-22)44-33(43)27-25-16-17-34(30,45-25)28(27)31(38)41/h3-6,8-14,16-17,20-21,25,27-30,39H,7,15,18-19H2,1-2H3,(H,36,40)/b10-4-/t20-,21+,25-,27+,28+,29-,30-,34+/m1/s1. The Morgan fingerprint density at radius 2 is 1.78 bits per heavy atom. The summed E-state index contributed by atoms with van der Waals surface area (Å²) in [4.78, 5) is 58.9. The van der Waals surface area contributed by atoms with Gasteiger partial charge < -0.3 is 29.7 Å². The lowest BCUT2D eigenvalue weighted by Gasteiger charge is -2.38. The summed E-state index contributed by atoms with van der Waals surface area (Å²) in [7, 11) is 0. The Bertz CT molecular complexity index is 1550. The molecule has 0 aliphatic carbocycles. The third-order valence-electron chi connectivity index (χ3n) is 9.17. The van der Waals surface area contributed by atoms with E-state index in [-0.39, 0.29) is 18.9 Å². The first-order valence-corrected chi connectivity index (χ1v) is 15.6. The lowest BCUT2D eigenvalue weighted by Crippen LogP contribution is -2.58. The Labute approximate surface area is 266 Å². The number of benzene rings is 2. The number of amides is 3. The number of rotatable bonds is 4. The van der Waals surface area contributed by atoms with Gasteiger partial charge in [-0.1, -0.05) is 78.4 Å². The van der Waals surface area contributed by atoms with E-state index in [9.17, 15) is 24.3 Å². The second kappa shape index (κ2) is 12.4. The molecule has 1 spiro atoms. The van der Waals surface area contributed by atoms with Crippen LogP contribution >= 0.6 is 11.6 Å². The summed E-state index contributed by atoms with van der Waals surface area (Å²) in [6.45, 7) is 3.12. The van der Waals surface area contributed by atoms with Gasteiger partial charge in [0.2, 0.25) is 11.8 Å². The number of halogens is 1. The van der Waals surface area contributed by atoms with Gasteiger partial charge in [0, 0.05) is 13.0 Å². The quantitative estimate of drug-likeness (QED) is 0.391. The lowest BCUT2D eigenvalue weighted by atomic mass is 9.74. The summed E-state index contributed by atoms with van der Waals surface area (Å²) >= 11 is 6.58. The molecule has 2 N–H and O–H groups in total. The number of aliphatic hydroxyl groups excluding tert-OH is 1. The van der Waals surface area contributed by atoms with Gasteiger partial charge in [-0.05, 0) is 38.0 Å². The van der Waals surface area contributed by atoms with Gasteiger partial charge in [0.15, 0.2) is 0 Å². The van der Waals surface area contributed by atoms with E-state index >= 15 is 0 Å². The Hall–Kier alpha value is -3.99. The van der Waals surface area contributed by atoms with E-state index in [1.54, 1.807) is 56.3 Å². The molecule has 5 bridgehead atoms. The van der Waals surface area contributed by atoms with Crippen LogP contribution in [-0.4, -0.2) is 76.7 Å². The van der Waals surface area contributed by atoms with E-state index in [1.165, 1.54) is 9.80 Å². The molecule has 236 valence electrons. The molecular weight excluding hydrogens is 598 g/mol. The zero-order valence-electron chi connectivity index (χ0n) is 25.0. The fourth-order valence-electron chi connectivity index (χ4n) is 7.06. The number of esters is 1. The van der Waals surface area contributed by atoms with Gasteiger partial charge in [0.1, 0.15) is 23.7 Å². The van der Waals surface area contributed by atoms with E-state index in [4.69, 9.17) is 21.1 Å². The van der Waals surface area contributed by atoms with Crippen molar-refractivity contribution < 1.29 is 33.8 Å². The van der Waals surface area contributed by atoms with Crippen molar-refractivity contribution in [2.45, 2.75) is 62.6 Å². The zero-order chi connectivity index (χ0) is 31.9. The van der Waals surface area contributed by atoms with Crippen LogP contribution in [0.15, 0.2) is 78.9 Å². The summed E-state index contributed by atoms with van der Waals surface area (Å²) in [5.74, 6) is -3.95. The molecule has 0 radical (unpaired) electrons. The predicted octanol–water partition coefficient (Wildman–Crippen LogP) is 3.34. The lowest BCUT2D eigenvalue weighted by molar-refractivity contribution is -0.161. The summed E-state index contributed by atoms with van der Waals surface area (Å²) in [5.41, 5.74) is -0.353. The largest absolute Gasteiger partial charge is 0.455 e. The average Bonchev–Trinajstić information content (AvgIpc) is 3.68. The van der Waals surface area contributed by atoms with Crippen LogP contribution in [-0.2, 0) is 28.7 Å². The minimum absolute atomic E-state index is 0.0993. The van der Waals surface area contributed by atoms with Gasteiger partial charge in [0.25, 0.3) is 5.91 Å². The molecule has 3 amide bonds. The molecule has 4 aliphatic rings. The number of hydrogen-bond acceptors (Lipinski definition) is 7. The maximum Gasteiger partial charge on any atom is 0.313 e. The fourth-order valence-corrected chi connectivity index (χ4v) is 7.30. The van der Waals surface area contributed by atoms with Gasteiger partial charge in [-0.25, -0.2) is 0 Å². The van der Waals surface area contributed by atoms with Gasteiger partial charge >= 0.3 is 5.97 Å². The normalized spacial score (nSPS) is 33.2. The molecule has 6 rings (SSSR count). The zero-order valence-corrected chi connectivity index (χ0v) is 25.8. The topological polar surface area (TPSA) is 125 Å². The molecular formula is C34H36ClN3O7. The number of cyclic esters (lactones) is 1. The third kappa shape index (κ3) is 5.34. The van der Waals surface area contributed by atoms with Crippen molar-refractivity contribution in [1.82, 2.24) is 10.2 Å². The maximum atomic E-state index is 14.7. The Morgan fingerprint density at radius 3 is 2.51 bits per heavy atom. The minimum atomic E-state index is -1.47. The number of likely N-dealkylation sites (tertiary alicyclic amines) is 1. The first-order valence-electron chi connectivity index (χ1n) is 15.2. The van der Waals surface area contributed by atoms with Crippen LogP contribution in [0, 0.1) is 11.8 Å². The summed E-state index contributed by atoms with van der Waals surface area (Å²) in [5, 5.41) is 13.5. The molecule has 0 aromatic heterocycles. The summed E-state index contributed by atoms with van der Waals surface area (Å²) in [6.07, 6.45) is 5.96. The number of fused-ring (bicyclic) bond motifs is 2. The molecule has 2 fully saturated rings. The van der Waals surface area contributed by atoms with Crippen molar-refractivity contribution in [1.29, 1.82) is 0 Å². The number of allylic oxidation sites excluding steroid dienone is 1. The van der Waals surface area contributed by atoms with Gasteiger partial charge in [-0.2, -0.15) is 0 Å². The van der Waals surface area contributed by atoms with Crippen LogP contribution in [0.4, 0.5) is 5.69 Å². The number of nitrogens with zero attached hydrogens (tertiary/aromatic N) is 2. The predicted molar refractivity (Wildman–Crippen MR) is 166 cm³/mol. The van der Waals surface area contributed by atoms with E-state index in [0.717, 1.165) is 0 Å². The molecule has 0 unspecified atom stereocenters. The second-order valence-corrected chi connectivity index (χ2v) is 12.4. The molecule has 0 saturated carbocycles. The minimum Gasteiger partial charge on any atom is -0.455 e. The van der Waals surface area contributed by atoms with Crippen LogP contribution in [0.1, 0.15) is 38.4 Å². The molecule has 4 heterocycles. The van der Waals surface area contributed by atoms with E-state index in [1.807, 2.05) is 36.4 Å². The smallest absolute Gasteiger partial charge is 0.313 e. The number of carbonyl (C=O) groups excluding carboxylic acids is 4. The van der Waals surface area contributed by atoms with E-state index < -0.39 is 72.2 Å². The second-order valence-electron chi connectivity index (χ2n) is 12.0. The molecule has 2 saturated heterocycles. The molecule has 11 heteroatoms. The van der Waals surface area contributed by atoms with Gasteiger partial charge in [-0.15, -0.1) is 0 Å². The fraction of sp³-hybridized carbons (Fsp3) is 0.412. The molecule has 10 nitrogen and oxygen atoms in total. The third-order valence-corrected chi connectivity index (χ3v) is 9.49. The number of anilines is 1. The number of nitrogens with one attached hydrogen (secondary N) is 1. The van der Waals surface area contributed by atoms with Gasteiger partial charge in [0.05, 0.1) is 41.4 Å². The van der Waals surface area contributed by atoms with Crippen molar-refractivity contribution in [2.24, 2.45) is 11.8 Å². The molecule has 2 aromatic carbocycles. The maximum absolute atomic E-state index is 14.7. The number of para-hydroxylation sites is 1. The SMILES string of the molecule is C[C@@H]1NC(=O)CC/C=C\CN(c2ccccc2Cl)C(=O)[C@H]2N([C@H](C)CO)C(=O)[C@@H]3[C@@H](C(=O)O[C@H]1c1ccccc1)[C@H]1C=C[C@]32O1. The number of aliphatic hydroxyl groups is 1. The van der Waals surface area contributed by atoms with Crippen molar-refractivity contribution >= 4 is 41.0 Å². The Morgan fingerprint density at radius 1 is 1.04 bits per heavy atom. The van der Waals surface area contributed by atoms with E-state index in [2.05, 4.69) is 5.32 Å². The van der Waals surface area contributed by atoms with Gasteiger partial charge in [-0.3, -0.25) is 19.2 Å². The highest BCUT2D eigenvalue weighted by atomic mass is 35.5. The molecule has 45 heavy (non-hydrogen) atoms. The molecule has 4 aliphatic heterocycles. The van der Waals surface area contributed by atoms with Crippen molar-refractivity contribution in [3.63, 3.8) is 0 Å². The highest BCUT2D eigenvalue weighted by Gasteiger charge is 2.74. The van der Waals surface area contributed by atoms with Crippen LogP contribution in [0.2, 0.25) is 5.02 Å². The van der Waals surface area contributed by atoms with Crippen LogP contribution in [0.25, 0.3) is 0 Å². The summed E-state index contributed by atoms with van der Waals surface area (Å²) < 4.78 is 12.6. The van der Waals surface area contributed by atoms with Crippen LogP contribution in [0.5, 0.6) is 0 Å². The summed E-state index contributed by atoms with van der Waals surface area (Å²) in [6, 6.07) is 13.5. The number of hydrogen-bond donors (Lipinski definition) is 2.